The fourth-order valence-electron chi connectivity index (χ4n) is 1.07. The summed E-state index contributed by atoms with van der Waals surface area (Å²) in [6, 6.07) is 0. The van der Waals surface area contributed by atoms with Crippen molar-refractivity contribution in [2.45, 2.75) is 0 Å². The number of H-pyrrole nitrogens is 1. The molecule has 7 heteroatoms. The third-order valence-electron chi connectivity index (χ3n) is 2.06. The van der Waals surface area contributed by atoms with Gasteiger partial charge < -0.3 is 9.80 Å². The number of aromatic nitrogens is 2. The van der Waals surface area contributed by atoms with Gasteiger partial charge in [0, 0.05) is 21.1 Å². The number of rotatable bonds is 3. The number of anilines is 1. The monoisotopic (exact) mass is 244 g/mol. The van der Waals surface area contributed by atoms with Crippen LogP contribution in [0.25, 0.3) is 0 Å². The predicted octanol–water partition coefficient (Wildman–Crippen LogP) is -0.0523. The van der Waals surface area contributed by atoms with Gasteiger partial charge in [0.1, 0.15) is 5.02 Å². The molecule has 1 rings (SSSR count). The first-order valence-electron chi connectivity index (χ1n) is 4.58. The van der Waals surface area contributed by atoms with Crippen LogP contribution in [0.5, 0.6) is 0 Å². The molecule has 1 aromatic heterocycles. The first kappa shape index (κ1) is 12.5. The Labute approximate surface area is 97.8 Å². The number of nitrogens with zero attached hydrogens (tertiary/aromatic N) is 3. The van der Waals surface area contributed by atoms with Crippen molar-refractivity contribution in [2.75, 3.05) is 32.6 Å². The smallest absolute Gasteiger partial charge is 0.285 e. The molecule has 1 heterocycles. The van der Waals surface area contributed by atoms with Crippen molar-refractivity contribution in [3.8, 4) is 0 Å². The Morgan fingerprint density at radius 2 is 2.12 bits per heavy atom. The van der Waals surface area contributed by atoms with Gasteiger partial charge in [0.25, 0.3) is 5.56 Å². The number of halogens is 1. The van der Waals surface area contributed by atoms with E-state index in [-0.39, 0.29) is 17.5 Å². The van der Waals surface area contributed by atoms with Crippen molar-refractivity contribution in [2.24, 2.45) is 0 Å². The van der Waals surface area contributed by atoms with E-state index in [4.69, 9.17) is 11.6 Å². The minimum Gasteiger partial charge on any atom is -0.363 e. The maximum Gasteiger partial charge on any atom is 0.285 e. The normalized spacial score (nSPS) is 10.0. The number of hydrogen-bond acceptors (Lipinski definition) is 4. The van der Waals surface area contributed by atoms with Gasteiger partial charge in [-0.2, -0.15) is 5.10 Å². The zero-order valence-corrected chi connectivity index (χ0v) is 10.1. The lowest BCUT2D eigenvalue weighted by atomic mass is 10.4. The molecule has 0 spiro atoms. The SMILES string of the molecule is CN(C)C(=O)CN(C)c1cn[nH]c(=O)c1Cl. The average Bonchev–Trinajstić information content (AvgIpc) is 2.21. The largest absolute Gasteiger partial charge is 0.363 e. The summed E-state index contributed by atoms with van der Waals surface area (Å²) in [5.41, 5.74) is -0.0380. The molecule has 1 N–H and O–H groups in total. The van der Waals surface area contributed by atoms with Crippen LogP contribution in [0.2, 0.25) is 5.02 Å². The quantitative estimate of drug-likeness (QED) is 0.809. The lowest BCUT2D eigenvalue weighted by molar-refractivity contribution is -0.127. The molecule has 1 aromatic rings. The fraction of sp³-hybridized carbons (Fsp3) is 0.444. The molecule has 16 heavy (non-hydrogen) atoms. The Kier molecular flexibility index (Phi) is 3.89. The molecule has 0 fully saturated rings. The Morgan fingerprint density at radius 1 is 1.50 bits per heavy atom. The Hall–Kier alpha value is -1.56. The van der Waals surface area contributed by atoms with Crippen LogP contribution in [0.3, 0.4) is 0 Å². The molecule has 1 amide bonds. The summed E-state index contributed by atoms with van der Waals surface area (Å²) in [6.45, 7) is 0.137. The number of amides is 1. The number of carbonyl (C=O) groups is 1. The zero-order chi connectivity index (χ0) is 12.3. The van der Waals surface area contributed by atoms with Gasteiger partial charge in [-0.3, -0.25) is 9.59 Å². The number of likely N-dealkylation sites (N-methyl/N-ethyl adjacent to an activating group) is 2. The topological polar surface area (TPSA) is 69.3 Å². The van der Waals surface area contributed by atoms with Gasteiger partial charge in [-0.15, -0.1) is 0 Å². The van der Waals surface area contributed by atoms with Crippen LogP contribution in [0, 0.1) is 0 Å². The number of nitrogens with one attached hydrogen (secondary N) is 1. The minimum atomic E-state index is -0.469. The molecular formula is C9H13ClN4O2. The van der Waals surface area contributed by atoms with Crippen molar-refractivity contribution in [1.29, 1.82) is 0 Å². The van der Waals surface area contributed by atoms with Crippen LogP contribution in [0.1, 0.15) is 0 Å². The van der Waals surface area contributed by atoms with Crippen molar-refractivity contribution in [3.63, 3.8) is 0 Å². The van der Waals surface area contributed by atoms with Crippen LogP contribution in [0.15, 0.2) is 11.0 Å². The van der Waals surface area contributed by atoms with Gasteiger partial charge >= 0.3 is 0 Å². The van der Waals surface area contributed by atoms with Crippen molar-refractivity contribution in [3.05, 3.63) is 21.6 Å². The van der Waals surface area contributed by atoms with Crippen molar-refractivity contribution < 1.29 is 4.79 Å². The molecule has 0 aliphatic heterocycles. The molecule has 88 valence electrons. The maximum absolute atomic E-state index is 11.5. The third kappa shape index (κ3) is 2.73. The van der Waals surface area contributed by atoms with Gasteiger partial charge in [-0.25, -0.2) is 5.10 Å². The molecule has 0 bridgehead atoms. The second-order valence-corrected chi connectivity index (χ2v) is 3.92. The lowest BCUT2D eigenvalue weighted by Gasteiger charge is -2.20. The van der Waals surface area contributed by atoms with Crippen molar-refractivity contribution >= 4 is 23.2 Å². The molecule has 6 nitrogen and oxygen atoms in total. The van der Waals surface area contributed by atoms with Gasteiger partial charge in [-0.05, 0) is 0 Å². The third-order valence-corrected chi connectivity index (χ3v) is 2.42. The molecule has 0 atom stereocenters. The molecule has 0 aliphatic carbocycles. The highest BCUT2D eigenvalue weighted by atomic mass is 35.5. The summed E-state index contributed by atoms with van der Waals surface area (Å²) in [6.07, 6.45) is 1.41. The highest BCUT2D eigenvalue weighted by Gasteiger charge is 2.13. The van der Waals surface area contributed by atoms with E-state index in [9.17, 15) is 9.59 Å². The van der Waals surface area contributed by atoms with Gasteiger partial charge in [0.15, 0.2) is 0 Å². The fourth-order valence-corrected chi connectivity index (χ4v) is 1.31. The highest BCUT2D eigenvalue weighted by Crippen LogP contribution is 2.18. The first-order chi connectivity index (χ1) is 7.43. The van der Waals surface area contributed by atoms with Crippen LogP contribution < -0.4 is 10.5 Å². The summed E-state index contributed by atoms with van der Waals surface area (Å²) in [5, 5.41) is 5.87. The summed E-state index contributed by atoms with van der Waals surface area (Å²) in [5.74, 6) is -0.0844. The van der Waals surface area contributed by atoms with Crippen LogP contribution in [0.4, 0.5) is 5.69 Å². The minimum absolute atomic E-state index is 0.0315. The molecular weight excluding hydrogens is 232 g/mol. The second kappa shape index (κ2) is 4.98. The predicted molar refractivity (Wildman–Crippen MR) is 61.8 cm³/mol. The van der Waals surface area contributed by atoms with E-state index in [2.05, 4.69) is 10.2 Å². The summed E-state index contributed by atoms with van der Waals surface area (Å²) in [7, 11) is 4.99. The number of hydrogen-bond donors (Lipinski definition) is 1. The summed E-state index contributed by atoms with van der Waals surface area (Å²) < 4.78 is 0. The zero-order valence-electron chi connectivity index (χ0n) is 9.32. The van der Waals surface area contributed by atoms with Crippen molar-refractivity contribution in [1.82, 2.24) is 15.1 Å². The molecule has 0 saturated heterocycles. The molecule has 0 aromatic carbocycles. The lowest BCUT2D eigenvalue weighted by Crippen LogP contribution is -2.35. The van der Waals surface area contributed by atoms with Gasteiger partial charge in [0.2, 0.25) is 5.91 Å². The maximum atomic E-state index is 11.5. The average molecular weight is 245 g/mol. The molecule has 0 unspecified atom stereocenters. The van der Waals surface area contributed by atoms with E-state index in [1.807, 2.05) is 0 Å². The molecule has 0 aliphatic rings. The van der Waals surface area contributed by atoms with Crippen LogP contribution in [-0.2, 0) is 4.79 Å². The van der Waals surface area contributed by atoms with E-state index in [1.54, 1.807) is 26.0 Å². The highest BCUT2D eigenvalue weighted by molar-refractivity contribution is 6.33. The van der Waals surface area contributed by atoms with E-state index in [0.29, 0.717) is 5.69 Å². The van der Waals surface area contributed by atoms with E-state index < -0.39 is 5.56 Å². The number of carbonyl (C=O) groups excluding carboxylic acids is 1. The molecule has 0 saturated carbocycles. The van der Waals surface area contributed by atoms with E-state index in [0.717, 1.165) is 0 Å². The van der Waals surface area contributed by atoms with Crippen LogP contribution >= 0.6 is 11.6 Å². The van der Waals surface area contributed by atoms with Gasteiger partial charge in [0.05, 0.1) is 18.4 Å². The molecule has 0 radical (unpaired) electrons. The second-order valence-electron chi connectivity index (χ2n) is 3.54. The van der Waals surface area contributed by atoms with E-state index >= 15 is 0 Å². The standard InChI is InChI=1S/C9H13ClN4O2/c1-13(2)7(15)5-14(3)6-4-11-12-9(16)8(6)10/h4H,5H2,1-3H3,(H,12,16). The summed E-state index contributed by atoms with van der Waals surface area (Å²) >= 11 is 5.80. The Morgan fingerprint density at radius 3 is 2.69 bits per heavy atom. The first-order valence-corrected chi connectivity index (χ1v) is 4.95. The van der Waals surface area contributed by atoms with E-state index in [1.165, 1.54) is 11.1 Å². The Bertz CT molecular complexity index is 443. The Balaban J connectivity index is 2.89. The number of aromatic amines is 1. The van der Waals surface area contributed by atoms with Gasteiger partial charge in [-0.1, -0.05) is 11.6 Å². The summed E-state index contributed by atoms with van der Waals surface area (Å²) in [4.78, 5) is 25.7. The van der Waals surface area contributed by atoms with Crippen LogP contribution in [-0.4, -0.2) is 48.7 Å².